The molecule has 0 bridgehead atoms. The summed E-state index contributed by atoms with van der Waals surface area (Å²) in [5.74, 6) is -1.40. The third-order valence-corrected chi connectivity index (χ3v) is 4.60. The van der Waals surface area contributed by atoms with E-state index in [0.717, 1.165) is 0 Å². The fourth-order valence-corrected chi connectivity index (χ4v) is 3.18. The number of carbonyl (C=O) groups is 2. The number of carboxylic acids is 1. The van der Waals surface area contributed by atoms with E-state index in [0.29, 0.717) is 25.8 Å². The van der Waals surface area contributed by atoms with Crippen molar-refractivity contribution in [3.05, 3.63) is 12.7 Å². The Bertz CT molecular complexity index is 517. The molecule has 7 nitrogen and oxygen atoms in total. The second-order valence-corrected chi connectivity index (χ2v) is 7.20. The number of sulfonamides is 1. The first-order valence-electron chi connectivity index (χ1n) is 6.83. The first kappa shape index (κ1) is 17.6. The minimum Gasteiger partial charge on any atom is -0.481 e. The highest BCUT2D eigenvalue weighted by Gasteiger charge is 2.42. The summed E-state index contributed by atoms with van der Waals surface area (Å²) in [5.41, 5.74) is -0.977. The zero-order valence-electron chi connectivity index (χ0n) is 12.0. The van der Waals surface area contributed by atoms with Gasteiger partial charge in [-0.3, -0.25) is 9.59 Å². The molecule has 0 spiro atoms. The number of allylic oxidation sites excluding steroid dienone is 1. The zero-order valence-corrected chi connectivity index (χ0v) is 12.8. The standard InChI is InChI=1S/C13H22N2O5S/c1-2-6-13(12(17)18)7-4-8-15(10-13)11(16)5-3-9-21(14,19)20/h2H,1,3-10H2,(H,17,18)(H2,14,19,20)/t13-/m1/s1. The lowest BCUT2D eigenvalue weighted by molar-refractivity contribution is -0.154. The summed E-state index contributed by atoms with van der Waals surface area (Å²) in [4.78, 5) is 25.1. The maximum Gasteiger partial charge on any atom is 0.311 e. The summed E-state index contributed by atoms with van der Waals surface area (Å²) in [5, 5.41) is 14.3. The second kappa shape index (κ2) is 7.04. The van der Waals surface area contributed by atoms with Crippen LogP contribution in [-0.2, 0) is 19.6 Å². The molecule has 1 atom stereocenters. The molecule has 0 unspecified atom stereocenters. The van der Waals surface area contributed by atoms with Crippen molar-refractivity contribution in [2.24, 2.45) is 10.6 Å². The zero-order chi connectivity index (χ0) is 16.1. The number of likely N-dealkylation sites (tertiary alicyclic amines) is 1. The Morgan fingerprint density at radius 2 is 2.10 bits per heavy atom. The number of amides is 1. The first-order chi connectivity index (χ1) is 9.70. The van der Waals surface area contributed by atoms with Gasteiger partial charge < -0.3 is 10.0 Å². The topological polar surface area (TPSA) is 118 Å². The van der Waals surface area contributed by atoms with Crippen molar-refractivity contribution >= 4 is 21.9 Å². The molecule has 1 amide bonds. The molecular weight excluding hydrogens is 296 g/mol. The number of hydrogen-bond acceptors (Lipinski definition) is 4. The maximum absolute atomic E-state index is 12.1. The van der Waals surface area contributed by atoms with E-state index in [9.17, 15) is 23.1 Å². The molecule has 0 aromatic rings. The highest BCUT2D eigenvalue weighted by molar-refractivity contribution is 7.89. The van der Waals surface area contributed by atoms with Crippen LogP contribution in [0, 0.1) is 5.41 Å². The Morgan fingerprint density at radius 3 is 2.62 bits per heavy atom. The van der Waals surface area contributed by atoms with Crippen LogP contribution in [0.4, 0.5) is 0 Å². The summed E-state index contributed by atoms with van der Waals surface area (Å²) in [6.07, 6.45) is 3.19. The van der Waals surface area contributed by atoms with Gasteiger partial charge in [-0.05, 0) is 25.7 Å². The van der Waals surface area contributed by atoms with Crippen LogP contribution < -0.4 is 5.14 Å². The van der Waals surface area contributed by atoms with E-state index in [2.05, 4.69) is 6.58 Å². The molecule has 1 saturated heterocycles. The second-order valence-electron chi connectivity index (χ2n) is 5.47. The van der Waals surface area contributed by atoms with Gasteiger partial charge in [0, 0.05) is 19.5 Å². The van der Waals surface area contributed by atoms with Gasteiger partial charge in [0.1, 0.15) is 0 Å². The Labute approximate surface area is 124 Å². The van der Waals surface area contributed by atoms with Gasteiger partial charge in [-0.2, -0.15) is 0 Å². The fourth-order valence-electron chi connectivity index (χ4n) is 2.63. The highest BCUT2D eigenvalue weighted by atomic mass is 32.2. The number of hydrogen-bond donors (Lipinski definition) is 2. The van der Waals surface area contributed by atoms with Crippen LogP contribution in [0.5, 0.6) is 0 Å². The van der Waals surface area contributed by atoms with Crippen molar-refractivity contribution in [2.75, 3.05) is 18.8 Å². The maximum atomic E-state index is 12.1. The minimum absolute atomic E-state index is 0.0558. The Hall–Kier alpha value is -1.41. The summed E-state index contributed by atoms with van der Waals surface area (Å²) in [6.45, 7) is 4.22. The molecule has 8 heteroatoms. The van der Waals surface area contributed by atoms with Gasteiger partial charge in [0.2, 0.25) is 15.9 Å². The molecule has 1 heterocycles. The Balaban J connectivity index is 2.64. The quantitative estimate of drug-likeness (QED) is 0.656. The van der Waals surface area contributed by atoms with Gasteiger partial charge in [-0.25, -0.2) is 13.6 Å². The van der Waals surface area contributed by atoms with Crippen LogP contribution in [0.3, 0.4) is 0 Å². The van der Waals surface area contributed by atoms with Crippen LogP contribution >= 0.6 is 0 Å². The average molecular weight is 318 g/mol. The monoisotopic (exact) mass is 318 g/mol. The van der Waals surface area contributed by atoms with Crippen molar-refractivity contribution in [3.8, 4) is 0 Å². The van der Waals surface area contributed by atoms with Crippen molar-refractivity contribution in [1.29, 1.82) is 0 Å². The molecular formula is C13H22N2O5S. The average Bonchev–Trinajstić information content (AvgIpc) is 2.37. The minimum atomic E-state index is -3.57. The number of nitrogens with zero attached hydrogens (tertiary/aromatic N) is 1. The molecule has 1 fully saturated rings. The normalized spacial score (nSPS) is 22.8. The predicted octanol–water partition coefficient (Wildman–Crippen LogP) is 0.325. The number of piperidine rings is 1. The molecule has 1 aliphatic rings. The first-order valence-corrected chi connectivity index (χ1v) is 8.54. The van der Waals surface area contributed by atoms with Gasteiger partial charge in [-0.1, -0.05) is 6.08 Å². The van der Waals surface area contributed by atoms with Crippen molar-refractivity contribution in [1.82, 2.24) is 4.90 Å². The van der Waals surface area contributed by atoms with Crippen LogP contribution in [-0.4, -0.2) is 49.1 Å². The van der Waals surface area contributed by atoms with E-state index in [4.69, 9.17) is 5.14 Å². The number of carbonyl (C=O) groups excluding carboxylic acids is 1. The summed E-state index contributed by atoms with van der Waals surface area (Å²) in [6, 6.07) is 0. The molecule has 1 rings (SSSR count). The molecule has 0 aromatic heterocycles. The molecule has 0 aliphatic carbocycles. The van der Waals surface area contributed by atoms with E-state index in [1.54, 1.807) is 6.08 Å². The van der Waals surface area contributed by atoms with Crippen molar-refractivity contribution in [3.63, 3.8) is 0 Å². The molecule has 0 saturated carbocycles. The number of primary sulfonamides is 1. The van der Waals surface area contributed by atoms with Crippen LogP contribution in [0.15, 0.2) is 12.7 Å². The largest absolute Gasteiger partial charge is 0.481 e. The highest BCUT2D eigenvalue weighted by Crippen LogP contribution is 2.34. The third-order valence-electron chi connectivity index (χ3n) is 3.74. The Morgan fingerprint density at radius 1 is 1.43 bits per heavy atom. The number of rotatable bonds is 7. The molecule has 120 valence electrons. The van der Waals surface area contributed by atoms with Gasteiger partial charge in [0.15, 0.2) is 0 Å². The predicted molar refractivity (Wildman–Crippen MR) is 77.9 cm³/mol. The summed E-state index contributed by atoms with van der Waals surface area (Å²) >= 11 is 0. The molecule has 0 aromatic carbocycles. The van der Waals surface area contributed by atoms with Gasteiger partial charge in [0.25, 0.3) is 0 Å². The molecule has 0 radical (unpaired) electrons. The molecule has 3 N–H and O–H groups in total. The summed E-state index contributed by atoms with van der Waals surface area (Å²) in [7, 11) is -3.57. The number of aliphatic carboxylic acids is 1. The molecule has 21 heavy (non-hydrogen) atoms. The van der Waals surface area contributed by atoms with E-state index in [1.807, 2.05) is 0 Å². The number of nitrogens with two attached hydrogens (primary N) is 1. The van der Waals surface area contributed by atoms with Gasteiger partial charge in [-0.15, -0.1) is 6.58 Å². The summed E-state index contributed by atoms with van der Waals surface area (Å²) < 4.78 is 21.7. The van der Waals surface area contributed by atoms with E-state index < -0.39 is 21.4 Å². The van der Waals surface area contributed by atoms with Crippen LogP contribution in [0.2, 0.25) is 0 Å². The van der Waals surface area contributed by atoms with Gasteiger partial charge in [0.05, 0.1) is 11.2 Å². The van der Waals surface area contributed by atoms with E-state index in [-0.39, 0.29) is 31.0 Å². The lowest BCUT2D eigenvalue weighted by atomic mass is 9.77. The van der Waals surface area contributed by atoms with Crippen LogP contribution in [0.1, 0.15) is 32.1 Å². The van der Waals surface area contributed by atoms with E-state index >= 15 is 0 Å². The van der Waals surface area contributed by atoms with E-state index in [1.165, 1.54) is 4.90 Å². The van der Waals surface area contributed by atoms with Gasteiger partial charge >= 0.3 is 5.97 Å². The van der Waals surface area contributed by atoms with Crippen molar-refractivity contribution in [2.45, 2.75) is 32.1 Å². The molecule has 1 aliphatic heterocycles. The fraction of sp³-hybridized carbons (Fsp3) is 0.692. The number of carboxylic acid groups (broad SMARTS) is 1. The van der Waals surface area contributed by atoms with Crippen molar-refractivity contribution < 1.29 is 23.1 Å². The Kier molecular flexibility index (Phi) is 5.91. The lowest BCUT2D eigenvalue weighted by Gasteiger charge is -2.39. The smallest absolute Gasteiger partial charge is 0.311 e. The lowest BCUT2D eigenvalue weighted by Crippen LogP contribution is -2.49. The SMILES string of the molecule is C=CC[C@@]1(C(=O)O)CCCN(C(=O)CCCS(N)(=O)=O)C1. The van der Waals surface area contributed by atoms with Crippen LogP contribution in [0.25, 0.3) is 0 Å². The third kappa shape index (κ3) is 5.13.